The van der Waals surface area contributed by atoms with E-state index in [1.807, 2.05) is 25.7 Å². The van der Waals surface area contributed by atoms with Crippen LogP contribution in [0.2, 0.25) is 0 Å². The van der Waals surface area contributed by atoms with Gasteiger partial charge in [-0.25, -0.2) is 0 Å². The van der Waals surface area contributed by atoms with E-state index in [2.05, 4.69) is 16.2 Å². The molecular formula is C22H27AsFN6O2. The van der Waals surface area contributed by atoms with Crippen LogP contribution in [0, 0.1) is 22.7 Å². The zero-order chi connectivity index (χ0) is 23.5. The Morgan fingerprint density at radius 2 is 2.03 bits per heavy atom. The minimum absolute atomic E-state index is 0.0961. The molecule has 0 aliphatic carbocycles. The van der Waals surface area contributed by atoms with Crippen molar-refractivity contribution in [3.63, 3.8) is 0 Å². The standard InChI is InChI=1S/C22H27AsFN6O2/c1-21(2,3)13-18(31)29-10-6-22(5-8-25,7-11-29)30-14-16(20(26)32)19(28-30)23-15-4-9-27-17(24)12-15/h4,9,12,14H,5-7,10-11,13H2,1-3H3,(H2,26,32). The van der Waals surface area contributed by atoms with E-state index in [1.54, 1.807) is 16.9 Å². The van der Waals surface area contributed by atoms with Crippen LogP contribution in [0.25, 0.3) is 0 Å². The molecule has 32 heavy (non-hydrogen) atoms. The van der Waals surface area contributed by atoms with Gasteiger partial charge >= 0.3 is 194 Å². The average Bonchev–Trinajstić information content (AvgIpc) is 3.12. The Kier molecular flexibility index (Phi) is 7.04. The SMILES string of the molecule is CC(C)(C)CC(=O)N1CCC(CC#N)(n2cc(C(N)=O)c([As]c3ccnc(F)c3)n2)CC1. The molecular weight excluding hydrogens is 474 g/mol. The number of hydrogen-bond acceptors (Lipinski definition) is 5. The van der Waals surface area contributed by atoms with Crippen LogP contribution < -0.4 is 14.6 Å². The first-order valence-corrected chi connectivity index (χ1v) is 12.3. The van der Waals surface area contributed by atoms with E-state index in [1.165, 1.54) is 12.3 Å². The Morgan fingerprint density at radius 1 is 1.34 bits per heavy atom. The fraction of sp³-hybridized carbons (Fsp3) is 0.500. The van der Waals surface area contributed by atoms with E-state index in [0.29, 0.717) is 41.2 Å². The van der Waals surface area contributed by atoms with Gasteiger partial charge in [-0.2, -0.15) is 0 Å². The third-order valence-corrected chi connectivity index (χ3v) is 7.79. The number of aromatic nitrogens is 3. The summed E-state index contributed by atoms with van der Waals surface area (Å²) in [5.41, 5.74) is 5.16. The fourth-order valence-corrected chi connectivity index (χ4v) is 5.89. The van der Waals surface area contributed by atoms with E-state index in [-0.39, 0.29) is 23.3 Å². The van der Waals surface area contributed by atoms with Crippen LogP contribution in [0.15, 0.2) is 24.5 Å². The Morgan fingerprint density at radius 3 is 2.59 bits per heavy atom. The van der Waals surface area contributed by atoms with E-state index in [0.717, 1.165) is 0 Å². The Labute approximate surface area is 193 Å². The van der Waals surface area contributed by atoms with Crippen LogP contribution in [0.3, 0.4) is 0 Å². The van der Waals surface area contributed by atoms with Gasteiger partial charge in [0.05, 0.1) is 0 Å². The van der Waals surface area contributed by atoms with Gasteiger partial charge in [-0.1, -0.05) is 0 Å². The van der Waals surface area contributed by atoms with E-state index in [4.69, 9.17) is 5.73 Å². The van der Waals surface area contributed by atoms with Crippen LogP contribution in [0.4, 0.5) is 4.39 Å². The van der Waals surface area contributed by atoms with Gasteiger partial charge in [-0.15, -0.1) is 0 Å². The average molecular weight is 501 g/mol. The zero-order valence-corrected chi connectivity index (χ0v) is 20.4. The maximum atomic E-state index is 13.5. The fourth-order valence-electron chi connectivity index (χ4n) is 3.82. The molecule has 1 saturated heterocycles. The number of pyridine rings is 1. The summed E-state index contributed by atoms with van der Waals surface area (Å²) >= 11 is -0.798. The molecule has 0 saturated carbocycles. The van der Waals surface area contributed by atoms with Crippen molar-refractivity contribution in [2.24, 2.45) is 11.1 Å². The van der Waals surface area contributed by atoms with Gasteiger partial charge in [0.25, 0.3) is 0 Å². The first-order chi connectivity index (χ1) is 15.0. The van der Waals surface area contributed by atoms with Gasteiger partial charge < -0.3 is 0 Å². The number of halogens is 1. The number of carbonyl (C=O) groups excluding carboxylic acids is 2. The molecule has 1 aliphatic heterocycles. The van der Waals surface area contributed by atoms with Crippen molar-refractivity contribution in [2.45, 2.75) is 52.0 Å². The molecule has 0 atom stereocenters. The molecule has 2 amide bonds. The van der Waals surface area contributed by atoms with E-state index in [9.17, 15) is 19.2 Å². The van der Waals surface area contributed by atoms with E-state index >= 15 is 0 Å². The monoisotopic (exact) mass is 501 g/mol. The molecule has 1 radical (unpaired) electrons. The van der Waals surface area contributed by atoms with E-state index < -0.39 is 33.1 Å². The Balaban J connectivity index is 1.86. The topological polar surface area (TPSA) is 118 Å². The molecule has 1 fully saturated rings. The number of nitrogens with two attached hydrogens (primary N) is 1. The molecule has 8 nitrogen and oxygen atoms in total. The number of nitrogens with zero attached hydrogens (tertiary/aromatic N) is 5. The molecule has 10 heteroatoms. The van der Waals surface area contributed by atoms with Gasteiger partial charge in [0.1, 0.15) is 0 Å². The summed E-state index contributed by atoms with van der Waals surface area (Å²) in [6, 6.07) is 5.26. The number of nitriles is 1. The molecule has 0 bridgehead atoms. The molecule has 0 spiro atoms. The summed E-state index contributed by atoms with van der Waals surface area (Å²) < 4.78 is 16.4. The molecule has 2 N–H and O–H groups in total. The van der Waals surface area contributed by atoms with Gasteiger partial charge in [-0.05, 0) is 0 Å². The molecule has 0 unspecified atom stereocenters. The minimum atomic E-state index is -0.798. The Bertz CT molecular complexity index is 1050. The molecule has 1 aliphatic rings. The Hall–Kier alpha value is -2.72. The van der Waals surface area contributed by atoms with Crippen molar-refractivity contribution < 1.29 is 14.0 Å². The third-order valence-electron chi connectivity index (χ3n) is 5.53. The molecule has 0 aromatic carbocycles. The zero-order valence-electron chi connectivity index (χ0n) is 18.5. The number of likely N-dealkylation sites (tertiary alicyclic amines) is 1. The first kappa shape index (κ1) is 23.9. The molecule has 2 aromatic heterocycles. The second kappa shape index (κ2) is 9.41. The number of piperidine rings is 1. The number of amides is 2. The number of hydrogen-bond donors (Lipinski definition) is 1. The van der Waals surface area contributed by atoms with Gasteiger partial charge in [0, 0.05) is 0 Å². The summed E-state index contributed by atoms with van der Waals surface area (Å²) in [7, 11) is 0. The quantitative estimate of drug-likeness (QED) is 0.465. The van der Waals surface area contributed by atoms with Gasteiger partial charge in [-0.3, -0.25) is 0 Å². The molecule has 2 aromatic rings. The normalized spacial score (nSPS) is 16.3. The first-order valence-electron chi connectivity index (χ1n) is 10.4. The summed E-state index contributed by atoms with van der Waals surface area (Å²) in [5.74, 6) is -1.10. The molecule has 169 valence electrons. The molecule has 3 rings (SSSR count). The molecule has 3 heterocycles. The predicted octanol–water partition coefficient (Wildman–Crippen LogP) is 0.839. The van der Waals surface area contributed by atoms with Crippen molar-refractivity contribution in [3.05, 3.63) is 36.0 Å². The van der Waals surface area contributed by atoms with Crippen molar-refractivity contribution >= 4 is 36.4 Å². The van der Waals surface area contributed by atoms with Crippen LogP contribution in [0.5, 0.6) is 0 Å². The predicted molar refractivity (Wildman–Crippen MR) is 118 cm³/mol. The van der Waals surface area contributed by atoms with Crippen molar-refractivity contribution in [1.82, 2.24) is 19.7 Å². The van der Waals surface area contributed by atoms with Crippen LogP contribution in [-0.4, -0.2) is 60.3 Å². The number of primary amides is 1. The van der Waals surface area contributed by atoms with Crippen LogP contribution >= 0.6 is 0 Å². The summed E-state index contributed by atoms with van der Waals surface area (Å²) in [4.78, 5) is 30.1. The van der Waals surface area contributed by atoms with Crippen molar-refractivity contribution in [1.29, 1.82) is 5.26 Å². The van der Waals surface area contributed by atoms with Crippen molar-refractivity contribution in [3.8, 4) is 6.07 Å². The van der Waals surface area contributed by atoms with Gasteiger partial charge in [0.2, 0.25) is 0 Å². The van der Waals surface area contributed by atoms with Crippen LogP contribution in [0.1, 0.15) is 56.8 Å². The second-order valence-corrected chi connectivity index (χ2v) is 11.7. The van der Waals surface area contributed by atoms with Crippen molar-refractivity contribution in [2.75, 3.05) is 13.1 Å². The summed E-state index contributed by atoms with van der Waals surface area (Å²) in [6.45, 7) is 7.12. The third kappa shape index (κ3) is 5.55. The second-order valence-electron chi connectivity index (χ2n) is 9.30. The van der Waals surface area contributed by atoms with Gasteiger partial charge in [0.15, 0.2) is 0 Å². The van der Waals surface area contributed by atoms with Crippen LogP contribution in [-0.2, 0) is 10.3 Å². The summed E-state index contributed by atoms with van der Waals surface area (Å²) in [6.07, 6.45) is 4.75. The number of rotatable bonds is 6. The summed E-state index contributed by atoms with van der Waals surface area (Å²) in [5, 5.41) is 14.2. The number of carbonyl (C=O) groups is 2. The maximum absolute atomic E-state index is 13.5.